The van der Waals surface area contributed by atoms with E-state index in [9.17, 15) is 4.79 Å². The van der Waals surface area contributed by atoms with Crippen LogP contribution in [0.25, 0.3) is 0 Å². The van der Waals surface area contributed by atoms with E-state index in [2.05, 4.69) is 41.6 Å². The van der Waals surface area contributed by atoms with Gasteiger partial charge in [-0.05, 0) is 55.3 Å². The first kappa shape index (κ1) is 18.5. The van der Waals surface area contributed by atoms with Crippen molar-refractivity contribution in [3.05, 3.63) is 83.0 Å². The molecule has 3 rings (SSSR count). The third kappa shape index (κ3) is 4.64. The van der Waals surface area contributed by atoms with Crippen molar-refractivity contribution in [1.29, 1.82) is 0 Å². The van der Waals surface area contributed by atoms with E-state index in [0.717, 1.165) is 17.0 Å². The van der Waals surface area contributed by atoms with Crippen molar-refractivity contribution in [2.75, 3.05) is 12.4 Å². The van der Waals surface area contributed by atoms with E-state index in [4.69, 9.17) is 4.74 Å². The number of carbonyl (C=O) groups is 1. The molecule has 2 N–H and O–H groups in total. The van der Waals surface area contributed by atoms with Gasteiger partial charge in [0.05, 0.1) is 12.7 Å². The summed E-state index contributed by atoms with van der Waals surface area (Å²) in [5.74, 6) is 1.27. The summed E-state index contributed by atoms with van der Waals surface area (Å²) < 4.78 is 5.30. The molecule has 0 fully saturated rings. The van der Waals surface area contributed by atoms with Crippen molar-refractivity contribution in [2.45, 2.75) is 20.4 Å². The normalized spacial score (nSPS) is 10.3. The maximum absolute atomic E-state index is 12.4. The van der Waals surface area contributed by atoms with Gasteiger partial charge >= 0.3 is 0 Å². The van der Waals surface area contributed by atoms with Gasteiger partial charge in [-0.3, -0.25) is 4.79 Å². The van der Waals surface area contributed by atoms with Gasteiger partial charge in [-0.2, -0.15) is 0 Å². The predicted octanol–water partition coefficient (Wildman–Crippen LogP) is 4.38. The van der Waals surface area contributed by atoms with Crippen LogP contribution in [0.2, 0.25) is 0 Å². The molecule has 1 aromatic heterocycles. The number of anilines is 2. The number of methoxy groups -OCH3 is 1. The summed E-state index contributed by atoms with van der Waals surface area (Å²) in [5.41, 5.74) is 4.87. The molecule has 3 aromatic rings. The van der Waals surface area contributed by atoms with Crippen LogP contribution in [0.3, 0.4) is 0 Å². The molecule has 5 nitrogen and oxygen atoms in total. The van der Waals surface area contributed by atoms with E-state index in [-0.39, 0.29) is 5.91 Å². The second kappa shape index (κ2) is 8.36. The third-order valence-corrected chi connectivity index (χ3v) is 4.44. The Morgan fingerprint density at radius 2 is 1.85 bits per heavy atom. The lowest BCUT2D eigenvalue weighted by molar-refractivity contribution is 0.0950. The van der Waals surface area contributed by atoms with E-state index in [1.54, 1.807) is 25.4 Å². The molecule has 0 saturated heterocycles. The predicted molar refractivity (Wildman–Crippen MR) is 108 cm³/mol. The lowest BCUT2D eigenvalue weighted by atomic mass is 10.1. The fraction of sp³-hybridized carbons (Fsp3) is 0.182. The van der Waals surface area contributed by atoms with E-state index < -0.39 is 0 Å². The number of aryl methyl sites for hydroxylation is 2. The molecular formula is C22H23N3O2. The Morgan fingerprint density at radius 3 is 2.56 bits per heavy atom. The lowest BCUT2D eigenvalue weighted by Crippen LogP contribution is -2.23. The molecule has 1 heterocycles. The molecule has 0 spiro atoms. The smallest absolute Gasteiger partial charge is 0.253 e. The first-order valence-electron chi connectivity index (χ1n) is 8.77. The van der Waals surface area contributed by atoms with Crippen molar-refractivity contribution in [3.8, 4) is 5.75 Å². The number of aromatic nitrogens is 1. The number of hydrogen-bond donors (Lipinski definition) is 2. The number of ether oxygens (including phenoxy) is 1. The Kier molecular flexibility index (Phi) is 5.71. The minimum Gasteiger partial charge on any atom is -0.496 e. The Bertz CT molecular complexity index is 937. The summed E-state index contributed by atoms with van der Waals surface area (Å²) in [6, 6.07) is 17.3. The highest BCUT2D eigenvalue weighted by molar-refractivity contribution is 5.94. The Morgan fingerprint density at radius 1 is 1.04 bits per heavy atom. The van der Waals surface area contributed by atoms with Gasteiger partial charge in [0.15, 0.2) is 0 Å². The average Bonchev–Trinajstić information content (AvgIpc) is 2.69. The minimum absolute atomic E-state index is 0.175. The summed E-state index contributed by atoms with van der Waals surface area (Å²) >= 11 is 0. The largest absolute Gasteiger partial charge is 0.496 e. The maximum atomic E-state index is 12.4. The van der Waals surface area contributed by atoms with Crippen LogP contribution in [0, 0.1) is 13.8 Å². The number of pyridine rings is 1. The van der Waals surface area contributed by atoms with Crippen LogP contribution in [0.4, 0.5) is 11.5 Å². The third-order valence-electron chi connectivity index (χ3n) is 4.44. The van der Waals surface area contributed by atoms with Gasteiger partial charge in [0.2, 0.25) is 0 Å². The molecule has 0 unspecified atom stereocenters. The van der Waals surface area contributed by atoms with Gasteiger partial charge in [0, 0.05) is 24.0 Å². The van der Waals surface area contributed by atoms with Gasteiger partial charge in [0.1, 0.15) is 11.6 Å². The van der Waals surface area contributed by atoms with Crippen molar-refractivity contribution < 1.29 is 9.53 Å². The molecule has 2 aromatic carbocycles. The summed E-state index contributed by atoms with van der Waals surface area (Å²) in [6.07, 6.45) is 1.57. The average molecular weight is 361 g/mol. The van der Waals surface area contributed by atoms with Crippen LogP contribution in [-0.2, 0) is 6.54 Å². The number of nitrogens with zero attached hydrogens (tertiary/aromatic N) is 1. The monoisotopic (exact) mass is 361 g/mol. The highest BCUT2D eigenvalue weighted by atomic mass is 16.5. The molecule has 0 bridgehead atoms. The van der Waals surface area contributed by atoms with E-state index >= 15 is 0 Å². The molecule has 0 aliphatic carbocycles. The maximum Gasteiger partial charge on any atom is 0.253 e. The number of amides is 1. The molecule has 0 saturated carbocycles. The second-order valence-electron chi connectivity index (χ2n) is 6.35. The number of hydrogen-bond acceptors (Lipinski definition) is 4. The highest BCUT2D eigenvalue weighted by Crippen LogP contribution is 2.19. The molecule has 0 aliphatic rings. The lowest BCUT2D eigenvalue weighted by Gasteiger charge is -2.10. The van der Waals surface area contributed by atoms with E-state index in [0.29, 0.717) is 17.9 Å². The zero-order valence-electron chi connectivity index (χ0n) is 15.7. The minimum atomic E-state index is -0.175. The quantitative estimate of drug-likeness (QED) is 0.684. The number of rotatable bonds is 6. The molecule has 27 heavy (non-hydrogen) atoms. The summed E-state index contributed by atoms with van der Waals surface area (Å²) in [5, 5.41) is 6.15. The van der Waals surface area contributed by atoms with E-state index in [1.807, 2.05) is 30.3 Å². The number of carbonyl (C=O) groups excluding carboxylic acids is 1. The summed E-state index contributed by atoms with van der Waals surface area (Å²) in [6.45, 7) is 4.55. The Hall–Kier alpha value is -3.34. The molecule has 0 radical (unpaired) electrons. The zero-order chi connectivity index (χ0) is 19.2. The van der Waals surface area contributed by atoms with Crippen LogP contribution in [0.15, 0.2) is 60.8 Å². The number of nitrogens with one attached hydrogen (secondary N) is 2. The van der Waals surface area contributed by atoms with Crippen molar-refractivity contribution in [2.24, 2.45) is 0 Å². The van der Waals surface area contributed by atoms with Gasteiger partial charge < -0.3 is 15.4 Å². The van der Waals surface area contributed by atoms with Crippen LogP contribution in [0.1, 0.15) is 27.0 Å². The van der Waals surface area contributed by atoms with E-state index in [1.165, 1.54) is 11.1 Å². The molecule has 0 aliphatic heterocycles. The Balaban J connectivity index is 1.62. The first-order valence-corrected chi connectivity index (χ1v) is 8.77. The molecule has 0 atom stereocenters. The molecule has 138 valence electrons. The standard InChI is InChI=1S/C22H23N3O2/c1-15-8-10-19(12-16(15)2)25-21-11-9-18(14-23-21)22(26)24-13-17-6-4-5-7-20(17)27-3/h4-12,14H,13H2,1-3H3,(H,23,25)(H,24,26). The first-order chi connectivity index (χ1) is 13.1. The Labute approximate surface area is 159 Å². The number of para-hydroxylation sites is 1. The van der Waals surface area contributed by atoms with Crippen molar-refractivity contribution >= 4 is 17.4 Å². The van der Waals surface area contributed by atoms with Gasteiger partial charge in [0.25, 0.3) is 5.91 Å². The van der Waals surface area contributed by atoms with Crippen molar-refractivity contribution in [1.82, 2.24) is 10.3 Å². The molecular weight excluding hydrogens is 338 g/mol. The topological polar surface area (TPSA) is 63.2 Å². The SMILES string of the molecule is COc1ccccc1CNC(=O)c1ccc(Nc2ccc(C)c(C)c2)nc1. The number of benzene rings is 2. The fourth-order valence-corrected chi connectivity index (χ4v) is 2.70. The van der Waals surface area contributed by atoms with Gasteiger partial charge in [-0.1, -0.05) is 24.3 Å². The van der Waals surface area contributed by atoms with Gasteiger partial charge in [-0.15, -0.1) is 0 Å². The molecule has 1 amide bonds. The summed E-state index contributed by atoms with van der Waals surface area (Å²) in [7, 11) is 1.62. The van der Waals surface area contributed by atoms with Crippen molar-refractivity contribution in [3.63, 3.8) is 0 Å². The van der Waals surface area contributed by atoms with Crippen LogP contribution in [-0.4, -0.2) is 18.0 Å². The van der Waals surface area contributed by atoms with Gasteiger partial charge in [-0.25, -0.2) is 4.98 Å². The second-order valence-corrected chi connectivity index (χ2v) is 6.35. The van der Waals surface area contributed by atoms with Crippen LogP contribution < -0.4 is 15.4 Å². The summed E-state index contributed by atoms with van der Waals surface area (Å²) in [4.78, 5) is 16.7. The van der Waals surface area contributed by atoms with Crippen LogP contribution in [0.5, 0.6) is 5.75 Å². The van der Waals surface area contributed by atoms with Crippen LogP contribution >= 0.6 is 0 Å². The fourth-order valence-electron chi connectivity index (χ4n) is 2.70. The highest BCUT2D eigenvalue weighted by Gasteiger charge is 2.08. The zero-order valence-corrected chi connectivity index (χ0v) is 15.7. The molecule has 5 heteroatoms.